The molecule has 0 aromatic carbocycles. The van der Waals surface area contributed by atoms with E-state index in [9.17, 15) is 4.79 Å². The summed E-state index contributed by atoms with van der Waals surface area (Å²) in [5.74, 6) is 0.308. The van der Waals surface area contributed by atoms with Crippen LogP contribution in [0.1, 0.15) is 52.4 Å². The smallest absolute Gasteiger partial charge is 0.303 e. The predicted octanol–water partition coefficient (Wildman–Crippen LogP) is 2.66. The topological polar surface area (TPSA) is 49.3 Å². The van der Waals surface area contributed by atoms with Gasteiger partial charge in [-0.05, 0) is 43.7 Å². The fourth-order valence-electron chi connectivity index (χ4n) is 1.83. The molecule has 0 unspecified atom stereocenters. The Hall–Kier alpha value is -0.570. The van der Waals surface area contributed by atoms with Crippen molar-refractivity contribution in [2.75, 3.05) is 13.1 Å². The molecule has 0 radical (unpaired) electrons. The van der Waals surface area contributed by atoms with Gasteiger partial charge in [-0.1, -0.05) is 26.7 Å². The lowest BCUT2D eigenvalue weighted by Gasteiger charge is -2.23. The van der Waals surface area contributed by atoms with Crippen LogP contribution >= 0.6 is 0 Å². The van der Waals surface area contributed by atoms with Gasteiger partial charge in [-0.15, -0.1) is 0 Å². The summed E-state index contributed by atoms with van der Waals surface area (Å²) in [6.07, 6.45) is 6.28. The minimum absolute atomic E-state index is 0.144. The third-order valence-corrected chi connectivity index (χ3v) is 3.42. The summed E-state index contributed by atoms with van der Waals surface area (Å²) in [6.45, 7) is 6.44. The number of nitrogens with one attached hydrogen (secondary N) is 1. The van der Waals surface area contributed by atoms with E-state index in [4.69, 9.17) is 5.11 Å². The Balaban J connectivity index is 1.97. The highest BCUT2D eigenvalue weighted by Gasteiger charge is 2.21. The molecule has 1 fully saturated rings. The zero-order valence-corrected chi connectivity index (χ0v) is 10.6. The van der Waals surface area contributed by atoms with E-state index in [2.05, 4.69) is 19.2 Å². The molecule has 94 valence electrons. The molecule has 3 nitrogen and oxygen atoms in total. The van der Waals surface area contributed by atoms with E-state index >= 15 is 0 Å². The Morgan fingerprint density at radius 2 is 2.00 bits per heavy atom. The van der Waals surface area contributed by atoms with Crippen molar-refractivity contribution in [3.8, 4) is 0 Å². The standard InChI is InChI=1S/C13H25NO2/c1-13(2,7-5-12(15)16)8-10-14-9-6-11-3-4-11/h11,14H,3-10H2,1-2H3,(H,15,16). The van der Waals surface area contributed by atoms with Crippen molar-refractivity contribution in [3.05, 3.63) is 0 Å². The van der Waals surface area contributed by atoms with Gasteiger partial charge in [0.1, 0.15) is 0 Å². The molecule has 1 saturated carbocycles. The number of hydrogen-bond acceptors (Lipinski definition) is 2. The SMILES string of the molecule is CC(C)(CCNCCC1CC1)CCC(=O)O. The quantitative estimate of drug-likeness (QED) is 0.595. The molecule has 0 heterocycles. The van der Waals surface area contributed by atoms with E-state index in [1.54, 1.807) is 0 Å². The van der Waals surface area contributed by atoms with Crippen molar-refractivity contribution in [2.45, 2.75) is 52.4 Å². The molecule has 0 aliphatic heterocycles. The Morgan fingerprint density at radius 1 is 1.31 bits per heavy atom. The predicted molar refractivity (Wildman–Crippen MR) is 65.5 cm³/mol. The third kappa shape index (κ3) is 6.83. The molecule has 2 N–H and O–H groups in total. The van der Waals surface area contributed by atoms with Gasteiger partial charge < -0.3 is 10.4 Å². The maximum atomic E-state index is 10.5. The van der Waals surface area contributed by atoms with Crippen molar-refractivity contribution in [3.63, 3.8) is 0 Å². The van der Waals surface area contributed by atoms with E-state index in [-0.39, 0.29) is 11.8 Å². The largest absolute Gasteiger partial charge is 0.481 e. The second kappa shape index (κ2) is 6.24. The van der Waals surface area contributed by atoms with Crippen LogP contribution in [-0.2, 0) is 4.79 Å². The lowest BCUT2D eigenvalue weighted by Crippen LogP contribution is -2.24. The first kappa shape index (κ1) is 13.5. The summed E-state index contributed by atoms with van der Waals surface area (Å²) in [5, 5.41) is 12.1. The summed E-state index contributed by atoms with van der Waals surface area (Å²) in [4.78, 5) is 10.5. The van der Waals surface area contributed by atoms with Gasteiger partial charge in [-0.25, -0.2) is 0 Å². The number of hydrogen-bond donors (Lipinski definition) is 2. The van der Waals surface area contributed by atoms with E-state index < -0.39 is 5.97 Å². The molecule has 1 aliphatic carbocycles. The molecular weight excluding hydrogens is 202 g/mol. The summed E-state index contributed by atoms with van der Waals surface area (Å²) in [5.41, 5.74) is 0.144. The first-order valence-corrected chi connectivity index (χ1v) is 6.42. The van der Waals surface area contributed by atoms with Crippen LogP contribution in [0.3, 0.4) is 0 Å². The molecule has 16 heavy (non-hydrogen) atoms. The molecular formula is C13H25NO2. The number of carboxylic acid groups (broad SMARTS) is 1. The number of carbonyl (C=O) groups is 1. The number of carboxylic acids is 1. The molecule has 0 spiro atoms. The highest BCUT2D eigenvalue weighted by Crippen LogP contribution is 2.31. The fourth-order valence-corrected chi connectivity index (χ4v) is 1.83. The van der Waals surface area contributed by atoms with Gasteiger partial charge in [-0.3, -0.25) is 4.79 Å². The average molecular weight is 227 g/mol. The van der Waals surface area contributed by atoms with Crippen LogP contribution in [0.25, 0.3) is 0 Å². The Labute approximate surface area is 98.6 Å². The number of aliphatic carboxylic acids is 1. The molecule has 3 heteroatoms. The van der Waals surface area contributed by atoms with Gasteiger partial charge in [0, 0.05) is 6.42 Å². The third-order valence-electron chi connectivity index (χ3n) is 3.42. The van der Waals surface area contributed by atoms with Gasteiger partial charge in [0.15, 0.2) is 0 Å². The Bertz CT molecular complexity index is 222. The van der Waals surface area contributed by atoms with Crippen LogP contribution in [0.5, 0.6) is 0 Å². The van der Waals surface area contributed by atoms with Crippen molar-refractivity contribution in [2.24, 2.45) is 11.3 Å². The van der Waals surface area contributed by atoms with E-state index in [1.807, 2.05) is 0 Å². The molecule has 1 rings (SSSR count). The van der Waals surface area contributed by atoms with Crippen molar-refractivity contribution >= 4 is 5.97 Å². The minimum atomic E-state index is -0.685. The Morgan fingerprint density at radius 3 is 2.56 bits per heavy atom. The van der Waals surface area contributed by atoms with Crippen LogP contribution in [0.2, 0.25) is 0 Å². The second-order valence-corrected chi connectivity index (χ2v) is 5.79. The van der Waals surface area contributed by atoms with Gasteiger partial charge in [-0.2, -0.15) is 0 Å². The van der Waals surface area contributed by atoms with Crippen molar-refractivity contribution < 1.29 is 9.90 Å². The monoisotopic (exact) mass is 227 g/mol. The van der Waals surface area contributed by atoms with Gasteiger partial charge in [0.25, 0.3) is 0 Å². The zero-order valence-electron chi connectivity index (χ0n) is 10.6. The zero-order chi connectivity index (χ0) is 12.0. The molecule has 0 aromatic rings. The van der Waals surface area contributed by atoms with Crippen LogP contribution in [0.15, 0.2) is 0 Å². The van der Waals surface area contributed by atoms with Crippen LogP contribution in [-0.4, -0.2) is 24.2 Å². The van der Waals surface area contributed by atoms with E-state index in [1.165, 1.54) is 19.3 Å². The first-order valence-electron chi connectivity index (χ1n) is 6.42. The molecule has 0 atom stereocenters. The molecule has 0 amide bonds. The number of rotatable bonds is 9. The highest BCUT2D eigenvalue weighted by molar-refractivity contribution is 5.66. The molecule has 1 aliphatic rings. The minimum Gasteiger partial charge on any atom is -0.481 e. The van der Waals surface area contributed by atoms with Crippen LogP contribution < -0.4 is 5.32 Å². The second-order valence-electron chi connectivity index (χ2n) is 5.79. The van der Waals surface area contributed by atoms with Crippen LogP contribution in [0.4, 0.5) is 0 Å². The molecule has 0 saturated heterocycles. The summed E-state index contributed by atoms with van der Waals surface area (Å²) in [6, 6.07) is 0. The van der Waals surface area contributed by atoms with Gasteiger partial charge >= 0.3 is 5.97 Å². The van der Waals surface area contributed by atoms with E-state index in [0.717, 1.165) is 31.8 Å². The highest BCUT2D eigenvalue weighted by atomic mass is 16.4. The van der Waals surface area contributed by atoms with Crippen molar-refractivity contribution in [1.82, 2.24) is 5.32 Å². The van der Waals surface area contributed by atoms with Crippen molar-refractivity contribution in [1.29, 1.82) is 0 Å². The lowest BCUT2D eigenvalue weighted by atomic mass is 9.84. The average Bonchev–Trinajstić information content (AvgIpc) is 2.98. The van der Waals surface area contributed by atoms with Gasteiger partial charge in [0.2, 0.25) is 0 Å². The first-order chi connectivity index (χ1) is 7.49. The summed E-state index contributed by atoms with van der Waals surface area (Å²) >= 11 is 0. The van der Waals surface area contributed by atoms with E-state index in [0.29, 0.717) is 0 Å². The lowest BCUT2D eigenvalue weighted by molar-refractivity contribution is -0.137. The molecule has 0 aromatic heterocycles. The maximum absolute atomic E-state index is 10.5. The Kier molecular flexibility index (Phi) is 5.26. The summed E-state index contributed by atoms with van der Waals surface area (Å²) < 4.78 is 0. The fraction of sp³-hybridized carbons (Fsp3) is 0.923. The van der Waals surface area contributed by atoms with Crippen LogP contribution in [0, 0.1) is 11.3 Å². The summed E-state index contributed by atoms with van der Waals surface area (Å²) in [7, 11) is 0. The van der Waals surface area contributed by atoms with Gasteiger partial charge in [0.05, 0.1) is 0 Å². The normalized spacial score (nSPS) is 16.4. The maximum Gasteiger partial charge on any atom is 0.303 e. The molecule has 0 bridgehead atoms.